The molecule has 1 aromatic carbocycles. The second kappa shape index (κ2) is 7.04. The maximum absolute atomic E-state index is 12.0. The van der Waals surface area contributed by atoms with Gasteiger partial charge in [0.1, 0.15) is 11.7 Å². The number of benzene rings is 1. The van der Waals surface area contributed by atoms with Crippen LogP contribution in [0.25, 0.3) is 10.2 Å². The molecular formula is C15H17N3O2S. The van der Waals surface area contributed by atoms with Crippen molar-refractivity contribution in [3.05, 3.63) is 18.2 Å². The molecule has 1 unspecified atom stereocenters. The minimum atomic E-state index is -0.624. The first-order valence-electron chi connectivity index (χ1n) is 6.91. The molecular weight excluding hydrogens is 286 g/mol. The van der Waals surface area contributed by atoms with Crippen molar-refractivity contribution in [1.29, 1.82) is 5.26 Å². The molecule has 21 heavy (non-hydrogen) atoms. The highest BCUT2D eigenvalue weighted by Crippen LogP contribution is 2.29. The maximum Gasteiger partial charge on any atom is 0.243 e. The van der Waals surface area contributed by atoms with Gasteiger partial charge in [0.2, 0.25) is 5.91 Å². The first-order valence-corrected chi connectivity index (χ1v) is 7.73. The van der Waals surface area contributed by atoms with Crippen molar-refractivity contribution in [2.45, 2.75) is 26.7 Å². The lowest BCUT2D eigenvalue weighted by Gasteiger charge is -2.05. The SMILES string of the molecule is CCCC(C#N)C(=O)Nc1nc2ccc(OCC)cc2s1. The molecule has 5 nitrogen and oxygen atoms in total. The predicted octanol–water partition coefficient (Wildman–Crippen LogP) is 3.57. The number of nitrogens with one attached hydrogen (secondary N) is 1. The molecule has 1 aromatic heterocycles. The molecule has 2 rings (SSSR count). The van der Waals surface area contributed by atoms with E-state index < -0.39 is 5.92 Å². The first kappa shape index (κ1) is 15.3. The monoisotopic (exact) mass is 303 g/mol. The van der Waals surface area contributed by atoms with Crippen LogP contribution in [0.5, 0.6) is 5.75 Å². The molecule has 110 valence electrons. The third-order valence-electron chi connectivity index (χ3n) is 2.95. The van der Waals surface area contributed by atoms with Crippen LogP contribution in [0.4, 0.5) is 5.13 Å². The van der Waals surface area contributed by atoms with Crippen molar-refractivity contribution in [3.8, 4) is 11.8 Å². The molecule has 0 fully saturated rings. The summed E-state index contributed by atoms with van der Waals surface area (Å²) in [5, 5.41) is 12.2. The van der Waals surface area contributed by atoms with Crippen molar-refractivity contribution >= 4 is 32.6 Å². The number of ether oxygens (including phenoxy) is 1. The third kappa shape index (κ3) is 3.70. The summed E-state index contributed by atoms with van der Waals surface area (Å²) in [6.07, 6.45) is 1.35. The number of thiazole rings is 1. The van der Waals surface area contributed by atoms with Crippen LogP contribution in [0.1, 0.15) is 26.7 Å². The molecule has 0 bridgehead atoms. The first-order chi connectivity index (χ1) is 10.2. The molecule has 0 aliphatic carbocycles. The Kier molecular flexibility index (Phi) is 5.12. The highest BCUT2D eigenvalue weighted by Gasteiger charge is 2.18. The van der Waals surface area contributed by atoms with Gasteiger partial charge in [-0.15, -0.1) is 0 Å². The van der Waals surface area contributed by atoms with Crippen LogP contribution in [-0.2, 0) is 4.79 Å². The van der Waals surface area contributed by atoms with E-state index in [4.69, 9.17) is 10.00 Å². The number of anilines is 1. The number of hydrogen-bond donors (Lipinski definition) is 1. The molecule has 6 heteroatoms. The van der Waals surface area contributed by atoms with Gasteiger partial charge in [0.25, 0.3) is 0 Å². The van der Waals surface area contributed by atoms with E-state index in [-0.39, 0.29) is 5.91 Å². The Hall–Kier alpha value is -2.13. The topological polar surface area (TPSA) is 75.0 Å². The van der Waals surface area contributed by atoms with Gasteiger partial charge in [-0.05, 0) is 31.5 Å². The Bertz CT molecular complexity index is 675. The zero-order valence-corrected chi connectivity index (χ0v) is 12.9. The molecule has 0 aliphatic heterocycles. The summed E-state index contributed by atoms with van der Waals surface area (Å²) in [4.78, 5) is 16.3. The van der Waals surface area contributed by atoms with Crippen molar-refractivity contribution in [2.24, 2.45) is 5.92 Å². The molecule has 1 heterocycles. The highest BCUT2D eigenvalue weighted by atomic mass is 32.1. The van der Waals surface area contributed by atoms with Gasteiger partial charge in [-0.1, -0.05) is 24.7 Å². The number of carbonyl (C=O) groups excluding carboxylic acids is 1. The highest BCUT2D eigenvalue weighted by molar-refractivity contribution is 7.22. The van der Waals surface area contributed by atoms with Gasteiger partial charge in [0, 0.05) is 0 Å². The number of hydrogen-bond acceptors (Lipinski definition) is 5. The van der Waals surface area contributed by atoms with Gasteiger partial charge in [-0.25, -0.2) is 4.98 Å². The van der Waals surface area contributed by atoms with Gasteiger partial charge >= 0.3 is 0 Å². The normalized spacial score (nSPS) is 11.9. The molecule has 0 saturated carbocycles. The van der Waals surface area contributed by atoms with Gasteiger partial charge < -0.3 is 10.1 Å². The quantitative estimate of drug-likeness (QED) is 0.885. The van der Waals surface area contributed by atoms with Gasteiger partial charge in [0.15, 0.2) is 5.13 Å². The van der Waals surface area contributed by atoms with Crippen LogP contribution in [0.3, 0.4) is 0 Å². The third-order valence-corrected chi connectivity index (χ3v) is 3.88. The number of aromatic nitrogens is 1. The van der Waals surface area contributed by atoms with Gasteiger partial charge in [0.05, 0.1) is 22.9 Å². The summed E-state index contributed by atoms with van der Waals surface area (Å²) in [6.45, 7) is 4.48. The number of nitrogens with zero attached hydrogens (tertiary/aromatic N) is 2. The summed E-state index contributed by atoms with van der Waals surface area (Å²) in [6, 6.07) is 7.65. The van der Waals surface area contributed by atoms with E-state index in [1.807, 2.05) is 38.1 Å². The zero-order valence-electron chi connectivity index (χ0n) is 12.0. The van der Waals surface area contributed by atoms with Crippen LogP contribution in [0.2, 0.25) is 0 Å². The van der Waals surface area contributed by atoms with E-state index in [0.717, 1.165) is 22.4 Å². The molecule has 1 N–H and O–H groups in total. The van der Waals surface area contributed by atoms with Crippen LogP contribution in [0, 0.1) is 17.2 Å². The molecule has 1 atom stereocenters. The van der Waals surface area contributed by atoms with E-state index in [1.54, 1.807) is 0 Å². The lowest BCUT2D eigenvalue weighted by molar-refractivity contribution is -0.118. The summed E-state index contributed by atoms with van der Waals surface area (Å²) in [7, 11) is 0. The Balaban J connectivity index is 2.15. The fraction of sp³-hybridized carbons (Fsp3) is 0.400. The minimum absolute atomic E-state index is 0.288. The molecule has 0 radical (unpaired) electrons. The Morgan fingerprint density at radius 2 is 2.33 bits per heavy atom. The number of carbonyl (C=O) groups is 1. The number of rotatable bonds is 6. The summed E-state index contributed by atoms with van der Waals surface area (Å²) in [5.41, 5.74) is 0.808. The second-order valence-corrected chi connectivity index (χ2v) is 5.57. The number of fused-ring (bicyclic) bond motifs is 1. The summed E-state index contributed by atoms with van der Waals surface area (Å²) >= 11 is 1.38. The zero-order chi connectivity index (χ0) is 15.2. The lowest BCUT2D eigenvalue weighted by Crippen LogP contribution is -2.21. The van der Waals surface area contributed by atoms with Crippen molar-refractivity contribution < 1.29 is 9.53 Å². The fourth-order valence-corrected chi connectivity index (χ4v) is 2.85. The van der Waals surface area contributed by atoms with Gasteiger partial charge in [-0.2, -0.15) is 5.26 Å². The van der Waals surface area contributed by atoms with E-state index in [2.05, 4.69) is 10.3 Å². The molecule has 0 aliphatic rings. The number of nitriles is 1. The fourth-order valence-electron chi connectivity index (χ4n) is 1.95. The van der Waals surface area contributed by atoms with E-state index in [1.165, 1.54) is 11.3 Å². The van der Waals surface area contributed by atoms with E-state index in [9.17, 15) is 4.79 Å². The Morgan fingerprint density at radius 1 is 1.52 bits per heavy atom. The molecule has 0 saturated heterocycles. The summed E-state index contributed by atoms with van der Waals surface area (Å²) in [5.74, 6) is -0.128. The maximum atomic E-state index is 12.0. The molecule has 0 spiro atoms. The average Bonchev–Trinajstić information content (AvgIpc) is 2.86. The van der Waals surface area contributed by atoms with Crippen LogP contribution >= 0.6 is 11.3 Å². The summed E-state index contributed by atoms with van der Waals surface area (Å²) < 4.78 is 6.39. The van der Waals surface area contributed by atoms with Crippen LogP contribution in [-0.4, -0.2) is 17.5 Å². The smallest absolute Gasteiger partial charge is 0.243 e. The predicted molar refractivity (Wildman–Crippen MR) is 83.4 cm³/mol. The van der Waals surface area contributed by atoms with Crippen LogP contribution in [0.15, 0.2) is 18.2 Å². The van der Waals surface area contributed by atoms with Crippen LogP contribution < -0.4 is 10.1 Å². The van der Waals surface area contributed by atoms with Crippen molar-refractivity contribution in [1.82, 2.24) is 4.98 Å². The second-order valence-electron chi connectivity index (χ2n) is 4.54. The molecule has 2 aromatic rings. The largest absolute Gasteiger partial charge is 0.494 e. The molecule has 1 amide bonds. The van der Waals surface area contributed by atoms with Crippen molar-refractivity contribution in [3.63, 3.8) is 0 Å². The van der Waals surface area contributed by atoms with Gasteiger partial charge in [-0.3, -0.25) is 4.79 Å². The van der Waals surface area contributed by atoms with E-state index >= 15 is 0 Å². The minimum Gasteiger partial charge on any atom is -0.494 e. The Labute approximate surface area is 127 Å². The van der Waals surface area contributed by atoms with E-state index in [0.29, 0.717) is 18.2 Å². The van der Waals surface area contributed by atoms with Crippen molar-refractivity contribution in [2.75, 3.05) is 11.9 Å². The lowest BCUT2D eigenvalue weighted by atomic mass is 10.1. The number of amides is 1. The average molecular weight is 303 g/mol. The Morgan fingerprint density at radius 3 is 3.00 bits per heavy atom. The standard InChI is InChI=1S/C15H17N3O2S/c1-3-5-10(9-16)14(19)18-15-17-12-7-6-11(20-4-2)8-13(12)21-15/h6-8,10H,3-5H2,1-2H3,(H,17,18,19).